The second-order valence-electron chi connectivity index (χ2n) is 7.76. The molecule has 0 unspecified atom stereocenters. The lowest BCUT2D eigenvalue weighted by molar-refractivity contribution is -0.138. The summed E-state index contributed by atoms with van der Waals surface area (Å²) in [5, 5.41) is 4.46. The van der Waals surface area contributed by atoms with Gasteiger partial charge in [-0.25, -0.2) is 9.48 Å². The number of hydrogen-bond acceptors (Lipinski definition) is 4. The number of halogens is 3. The Labute approximate surface area is 188 Å². The van der Waals surface area contributed by atoms with Crippen molar-refractivity contribution in [3.8, 4) is 5.69 Å². The van der Waals surface area contributed by atoms with Crippen molar-refractivity contribution >= 4 is 11.9 Å². The van der Waals surface area contributed by atoms with E-state index in [2.05, 4.69) is 5.10 Å². The molecule has 2 heterocycles. The fourth-order valence-corrected chi connectivity index (χ4v) is 3.94. The number of amides is 1. The largest absolute Gasteiger partial charge is 0.461 e. The average Bonchev–Trinajstić information content (AvgIpc) is 3.18. The zero-order valence-corrected chi connectivity index (χ0v) is 18.1. The van der Waals surface area contributed by atoms with Gasteiger partial charge in [-0.3, -0.25) is 4.79 Å². The number of ether oxygens (including phenoxy) is 1. The van der Waals surface area contributed by atoms with Gasteiger partial charge in [0.05, 0.1) is 35.7 Å². The van der Waals surface area contributed by atoms with Crippen LogP contribution in [-0.2, 0) is 23.9 Å². The van der Waals surface area contributed by atoms with Crippen molar-refractivity contribution in [2.75, 3.05) is 13.2 Å². The molecule has 0 spiro atoms. The zero-order valence-electron chi connectivity index (χ0n) is 18.1. The number of esters is 1. The van der Waals surface area contributed by atoms with E-state index in [4.69, 9.17) is 4.74 Å². The lowest BCUT2D eigenvalue weighted by Crippen LogP contribution is -2.37. The molecular formula is C24H22F3N3O3. The average molecular weight is 457 g/mol. The van der Waals surface area contributed by atoms with Gasteiger partial charge >= 0.3 is 12.1 Å². The van der Waals surface area contributed by atoms with Gasteiger partial charge in [0.25, 0.3) is 5.91 Å². The van der Waals surface area contributed by atoms with Gasteiger partial charge in [0.15, 0.2) is 5.69 Å². The Balaban J connectivity index is 1.73. The Kier molecular flexibility index (Phi) is 5.97. The zero-order chi connectivity index (χ0) is 23.8. The molecule has 0 atom stereocenters. The van der Waals surface area contributed by atoms with E-state index < -0.39 is 29.2 Å². The van der Waals surface area contributed by atoms with Crippen LogP contribution in [0.5, 0.6) is 0 Å². The molecule has 3 aromatic rings. The van der Waals surface area contributed by atoms with Crippen LogP contribution >= 0.6 is 0 Å². The predicted octanol–water partition coefficient (Wildman–Crippen LogP) is 4.57. The van der Waals surface area contributed by atoms with Crippen LogP contribution in [0, 0.1) is 6.92 Å². The molecule has 33 heavy (non-hydrogen) atoms. The number of carbonyl (C=O) groups is 2. The number of aromatic nitrogens is 2. The summed E-state index contributed by atoms with van der Waals surface area (Å²) in [5.41, 5.74) is 1.68. The topological polar surface area (TPSA) is 64.4 Å². The number of aryl methyl sites for hydroxylation is 1. The van der Waals surface area contributed by atoms with Gasteiger partial charge in [-0.05, 0) is 38.1 Å². The third-order valence-electron chi connectivity index (χ3n) is 5.55. The van der Waals surface area contributed by atoms with Crippen molar-refractivity contribution < 1.29 is 27.5 Å². The minimum absolute atomic E-state index is 0.0413. The minimum Gasteiger partial charge on any atom is -0.461 e. The van der Waals surface area contributed by atoms with Crippen molar-refractivity contribution in [2.24, 2.45) is 0 Å². The molecule has 0 fully saturated rings. The first-order chi connectivity index (χ1) is 15.7. The smallest absolute Gasteiger partial charge is 0.417 e. The third kappa shape index (κ3) is 4.35. The molecule has 6 nitrogen and oxygen atoms in total. The van der Waals surface area contributed by atoms with E-state index in [1.165, 1.54) is 23.1 Å². The molecule has 4 rings (SSSR count). The van der Waals surface area contributed by atoms with Gasteiger partial charge in [-0.15, -0.1) is 0 Å². The summed E-state index contributed by atoms with van der Waals surface area (Å²) in [6.07, 6.45) is -4.32. The molecular weight excluding hydrogens is 435 g/mol. The van der Waals surface area contributed by atoms with Crippen molar-refractivity contribution in [1.29, 1.82) is 0 Å². The number of hydrogen-bond donors (Lipinski definition) is 0. The summed E-state index contributed by atoms with van der Waals surface area (Å²) in [4.78, 5) is 27.0. The van der Waals surface area contributed by atoms with Crippen LogP contribution in [0.2, 0.25) is 0 Å². The summed E-state index contributed by atoms with van der Waals surface area (Å²) in [6, 6.07) is 12.3. The number of rotatable bonds is 4. The maximum Gasteiger partial charge on any atom is 0.417 e. The molecule has 1 amide bonds. The van der Waals surface area contributed by atoms with E-state index >= 15 is 0 Å². The second-order valence-corrected chi connectivity index (χ2v) is 7.76. The van der Waals surface area contributed by atoms with E-state index in [0.29, 0.717) is 12.0 Å². The fourth-order valence-electron chi connectivity index (χ4n) is 3.94. The molecule has 9 heteroatoms. The predicted molar refractivity (Wildman–Crippen MR) is 114 cm³/mol. The van der Waals surface area contributed by atoms with Crippen LogP contribution in [0.25, 0.3) is 5.69 Å². The van der Waals surface area contributed by atoms with Crippen LogP contribution in [0.15, 0.2) is 48.5 Å². The molecule has 172 valence electrons. The lowest BCUT2D eigenvalue weighted by Gasteiger charge is -2.28. The van der Waals surface area contributed by atoms with Crippen LogP contribution in [-0.4, -0.2) is 39.7 Å². The molecule has 1 aliphatic heterocycles. The Morgan fingerprint density at radius 3 is 2.45 bits per heavy atom. The Bertz CT molecular complexity index is 1200. The van der Waals surface area contributed by atoms with Crippen LogP contribution in [0.3, 0.4) is 0 Å². The second kappa shape index (κ2) is 8.73. The Morgan fingerprint density at radius 2 is 1.79 bits per heavy atom. The molecule has 0 saturated heterocycles. The maximum atomic E-state index is 13.4. The number of benzene rings is 2. The first kappa shape index (κ1) is 22.6. The summed E-state index contributed by atoms with van der Waals surface area (Å²) < 4.78 is 47.1. The van der Waals surface area contributed by atoms with E-state index in [9.17, 15) is 22.8 Å². The maximum absolute atomic E-state index is 13.4. The normalized spacial score (nSPS) is 13.5. The molecule has 2 aromatic carbocycles. The van der Waals surface area contributed by atoms with Crippen LogP contribution < -0.4 is 0 Å². The minimum atomic E-state index is -4.65. The van der Waals surface area contributed by atoms with E-state index in [-0.39, 0.29) is 25.4 Å². The molecule has 1 aliphatic rings. The molecule has 1 aromatic heterocycles. The van der Waals surface area contributed by atoms with E-state index in [1.54, 1.807) is 11.6 Å². The number of carbonyl (C=O) groups excluding carboxylic acids is 2. The van der Waals surface area contributed by atoms with E-state index in [1.807, 2.05) is 31.2 Å². The number of alkyl halides is 3. The highest BCUT2D eigenvalue weighted by Gasteiger charge is 2.37. The van der Waals surface area contributed by atoms with Crippen molar-refractivity contribution in [3.05, 3.63) is 82.2 Å². The third-order valence-corrected chi connectivity index (χ3v) is 5.55. The fraction of sp³-hybridized carbons (Fsp3) is 0.292. The first-order valence-corrected chi connectivity index (χ1v) is 10.5. The highest BCUT2D eigenvalue weighted by Crippen LogP contribution is 2.34. The van der Waals surface area contributed by atoms with Crippen molar-refractivity contribution in [1.82, 2.24) is 14.7 Å². The lowest BCUT2D eigenvalue weighted by atomic mass is 10.0. The van der Waals surface area contributed by atoms with Crippen molar-refractivity contribution in [2.45, 2.75) is 33.0 Å². The summed E-state index contributed by atoms with van der Waals surface area (Å²) in [5.74, 6) is -1.38. The van der Waals surface area contributed by atoms with Gasteiger partial charge in [-0.1, -0.05) is 29.8 Å². The number of fused-ring (bicyclic) bond motifs is 1. The van der Waals surface area contributed by atoms with Crippen LogP contribution in [0.1, 0.15) is 50.2 Å². The van der Waals surface area contributed by atoms with Gasteiger partial charge in [0.2, 0.25) is 0 Å². The molecule has 0 bridgehead atoms. The highest BCUT2D eigenvalue weighted by molar-refractivity contribution is 5.96. The summed E-state index contributed by atoms with van der Waals surface area (Å²) in [6.45, 7) is 3.92. The summed E-state index contributed by atoms with van der Waals surface area (Å²) >= 11 is 0. The SMILES string of the molecule is CCOC(=O)c1nn(-c2ccc(C)cc2)c2c1CN(C(=O)c1ccccc1C(F)(F)F)CC2. The standard InChI is InChI=1S/C24H22F3N3O3/c1-3-33-23(32)21-18-14-29(22(31)17-6-4-5-7-19(17)24(25,26)27)13-12-20(18)30(28-21)16-10-8-15(2)9-11-16/h4-11H,3,12-14H2,1-2H3. The van der Waals surface area contributed by atoms with Gasteiger partial charge in [0.1, 0.15) is 0 Å². The van der Waals surface area contributed by atoms with E-state index in [0.717, 1.165) is 23.0 Å². The van der Waals surface area contributed by atoms with Crippen molar-refractivity contribution in [3.63, 3.8) is 0 Å². The summed E-state index contributed by atoms with van der Waals surface area (Å²) in [7, 11) is 0. The molecule has 0 saturated carbocycles. The quantitative estimate of drug-likeness (QED) is 0.539. The van der Waals surface area contributed by atoms with Gasteiger partial charge in [-0.2, -0.15) is 18.3 Å². The molecule has 0 N–H and O–H groups in total. The number of nitrogens with zero attached hydrogens (tertiary/aromatic N) is 3. The molecule has 0 radical (unpaired) electrons. The monoisotopic (exact) mass is 457 g/mol. The Hall–Kier alpha value is -3.62. The Morgan fingerprint density at radius 1 is 1.09 bits per heavy atom. The van der Waals surface area contributed by atoms with Gasteiger partial charge < -0.3 is 9.64 Å². The highest BCUT2D eigenvalue weighted by atomic mass is 19.4. The first-order valence-electron chi connectivity index (χ1n) is 10.5. The van der Waals surface area contributed by atoms with Crippen LogP contribution in [0.4, 0.5) is 13.2 Å². The van der Waals surface area contributed by atoms with Gasteiger partial charge in [0, 0.05) is 18.5 Å². The molecule has 0 aliphatic carbocycles.